The van der Waals surface area contributed by atoms with Gasteiger partial charge in [-0.05, 0) is 125 Å². The van der Waals surface area contributed by atoms with Crippen LogP contribution in [0.2, 0.25) is 24.2 Å². The molecule has 0 bridgehead atoms. The number of hydrogen-bond donors (Lipinski definition) is 0. The largest absolute Gasteiger partial charge is 0.155 e. The van der Waals surface area contributed by atoms with E-state index in [1.54, 1.807) is 24.8 Å². The van der Waals surface area contributed by atoms with E-state index in [9.17, 15) is 0 Å². The van der Waals surface area contributed by atoms with Gasteiger partial charge in [-0.25, -0.2) is 0 Å². The van der Waals surface area contributed by atoms with Crippen molar-refractivity contribution in [1.29, 1.82) is 0 Å². The minimum atomic E-state index is -1.48. The Morgan fingerprint density at radius 3 is 2.10 bits per heavy atom. The van der Waals surface area contributed by atoms with E-state index in [1.807, 2.05) is 0 Å². The van der Waals surface area contributed by atoms with E-state index in [1.165, 1.54) is 50.5 Å². The number of thioether (sulfide) groups is 1. The monoisotopic (exact) mass is 590 g/mol. The molecule has 1 aliphatic heterocycles. The van der Waals surface area contributed by atoms with Crippen LogP contribution in [0.3, 0.4) is 0 Å². The van der Waals surface area contributed by atoms with Gasteiger partial charge in [0.05, 0.1) is 8.07 Å². The summed E-state index contributed by atoms with van der Waals surface area (Å²) in [5, 5.41) is 2.04. The molecule has 0 radical (unpaired) electrons. The van der Waals surface area contributed by atoms with Crippen molar-refractivity contribution in [3.8, 4) is 0 Å². The van der Waals surface area contributed by atoms with Crippen molar-refractivity contribution in [2.75, 3.05) is 0 Å². The molecule has 0 aromatic heterocycles. The molecule has 2 heteroatoms. The summed E-state index contributed by atoms with van der Waals surface area (Å²) >= 11 is 2.49. The van der Waals surface area contributed by atoms with Gasteiger partial charge in [-0.2, -0.15) is 11.8 Å². The van der Waals surface area contributed by atoms with Crippen molar-refractivity contribution in [1.82, 2.24) is 0 Å². The van der Waals surface area contributed by atoms with Crippen LogP contribution in [0, 0.1) is 53.3 Å². The van der Waals surface area contributed by atoms with Crippen LogP contribution in [0.4, 0.5) is 0 Å². The van der Waals surface area contributed by atoms with Crippen LogP contribution in [0.5, 0.6) is 0 Å². The molecule has 228 valence electrons. The second-order valence-corrected chi connectivity index (χ2v) is 24.6. The van der Waals surface area contributed by atoms with E-state index in [2.05, 4.69) is 90.7 Å². The first-order valence-electron chi connectivity index (χ1n) is 18.2. The lowest BCUT2D eigenvalue weighted by atomic mass is 9.63. The SMILES string of the molecule is CC1CC2C(c3ccc(C(C)(C)C)cc3)CCCC2C1[Si](C)(C)C1C(C)C(C)C2C1CCC1SC3CCCCC3C12. The maximum Gasteiger partial charge on any atom is 0.0547 e. The van der Waals surface area contributed by atoms with Gasteiger partial charge in [0.1, 0.15) is 0 Å². The van der Waals surface area contributed by atoms with Gasteiger partial charge in [-0.15, -0.1) is 0 Å². The van der Waals surface area contributed by atoms with Crippen molar-refractivity contribution in [3.05, 3.63) is 35.4 Å². The molecular weight excluding hydrogens is 529 g/mol. The van der Waals surface area contributed by atoms with Crippen LogP contribution < -0.4 is 0 Å². The molecule has 6 aliphatic rings. The number of rotatable bonds is 3. The Kier molecular flexibility index (Phi) is 7.70. The quantitative estimate of drug-likeness (QED) is 0.315. The highest BCUT2D eigenvalue weighted by atomic mass is 32.2. The fourth-order valence-corrected chi connectivity index (χ4v) is 22.5. The highest BCUT2D eigenvalue weighted by molar-refractivity contribution is 8.00. The second-order valence-electron chi connectivity index (χ2n) is 18.1. The Hall–Kier alpha value is -0.213. The molecule has 14 unspecified atom stereocenters. The van der Waals surface area contributed by atoms with Gasteiger partial charge in [0.2, 0.25) is 0 Å². The molecule has 1 aromatic rings. The summed E-state index contributed by atoms with van der Waals surface area (Å²) in [7, 11) is -1.48. The molecule has 6 fully saturated rings. The number of benzene rings is 1. The normalized spacial score (nSPS) is 47.9. The van der Waals surface area contributed by atoms with Gasteiger partial charge in [0, 0.05) is 10.5 Å². The minimum Gasteiger partial charge on any atom is -0.155 e. The first-order valence-corrected chi connectivity index (χ1v) is 22.3. The summed E-state index contributed by atoms with van der Waals surface area (Å²) in [6, 6.07) is 10.00. The molecule has 0 nitrogen and oxygen atoms in total. The number of hydrogen-bond acceptors (Lipinski definition) is 1. The van der Waals surface area contributed by atoms with Crippen molar-refractivity contribution >= 4 is 19.8 Å². The topological polar surface area (TPSA) is 0 Å². The summed E-state index contributed by atoms with van der Waals surface area (Å²) in [5.41, 5.74) is 5.52. The van der Waals surface area contributed by atoms with Gasteiger partial charge in [-0.1, -0.05) is 105 Å². The Morgan fingerprint density at radius 1 is 0.659 bits per heavy atom. The Morgan fingerprint density at radius 2 is 1.37 bits per heavy atom. The lowest BCUT2D eigenvalue weighted by Gasteiger charge is -2.49. The number of fused-ring (bicyclic) bond motifs is 6. The van der Waals surface area contributed by atoms with Gasteiger partial charge in [0.25, 0.3) is 0 Å². The highest BCUT2D eigenvalue weighted by Crippen LogP contribution is 2.70. The Bertz CT molecular complexity index is 1080. The molecule has 41 heavy (non-hydrogen) atoms. The van der Waals surface area contributed by atoms with Crippen LogP contribution >= 0.6 is 11.8 Å². The average molecular weight is 591 g/mol. The fourth-order valence-electron chi connectivity index (χ4n) is 13.6. The first kappa shape index (κ1) is 29.5. The van der Waals surface area contributed by atoms with Crippen LogP contribution in [-0.4, -0.2) is 18.6 Å². The van der Waals surface area contributed by atoms with Crippen molar-refractivity contribution in [2.24, 2.45) is 53.3 Å². The van der Waals surface area contributed by atoms with E-state index < -0.39 is 8.07 Å². The smallest absolute Gasteiger partial charge is 0.0547 e. The molecule has 0 amide bonds. The molecule has 1 saturated heterocycles. The summed E-state index contributed by atoms with van der Waals surface area (Å²) in [5.74, 6) is 9.83. The van der Waals surface area contributed by atoms with Crippen LogP contribution in [0.1, 0.15) is 123 Å². The molecule has 1 heterocycles. The van der Waals surface area contributed by atoms with Crippen LogP contribution in [-0.2, 0) is 5.41 Å². The first-order chi connectivity index (χ1) is 19.5. The highest BCUT2D eigenvalue weighted by Gasteiger charge is 2.64. The Balaban J connectivity index is 1.15. The van der Waals surface area contributed by atoms with Gasteiger partial charge in [0.15, 0.2) is 0 Å². The summed E-state index contributed by atoms with van der Waals surface area (Å²) in [4.78, 5) is 0. The molecule has 1 aromatic carbocycles. The maximum atomic E-state index is 2.94. The third-order valence-corrected chi connectivity index (χ3v) is 22.2. The summed E-state index contributed by atoms with van der Waals surface area (Å²) in [6.07, 6.45) is 15.2. The van der Waals surface area contributed by atoms with Gasteiger partial charge >= 0.3 is 0 Å². The predicted molar refractivity (Wildman–Crippen MR) is 183 cm³/mol. The third kappa shape index (κ3) is 4.71. The third-order valence-electron chi connectivity index (χ3n) is 15.0. The van der Waals surface area contributed by atoms with Gasteiger partial charge in [-0.3, -0.25) is 0 Å². The van der Waals surface area contributed by atoms with Crippen molar-refractivity contribution in [2.45, 2.75) is 152 Å². The zero-order chi connectivity index (χ0) is 28.8. The molecule has 14 atom stereocenters. The second kappa shape index (κ2) is 10.7. The minimum absolute atomic E-state index is 0.247. The Labute approximate surface area is 259 Å². The lowest BCUT2D eigenvalue weighted by molar-refractivity contribution is 0.0950. The molecule has 7 rings (SSSR count). The lowest BCUT2D eigenvalue weighted by Crippen LogP contribution is -2.48. The predicted octanol–water partition coefficient (Wildman–Crippen LogP) is 11.6. The van der Waals surface area contributed by atoms with E-state index in [0.717, 1.165) is 80.8 Å². The zero-order valence-corrected chi connectivity index (χ0v) is 29.7. The van der Waals surface area contributed by atoms with E-state index in [0.29, 0.717) is 0 Å². The van der Waals surface area contributed by atoms with E-state index in [4.69, 9.17) is 0 Å². The fraction of sp³-hybridized carbons (Fsp3) is 0.846. The van der Waals surface area contributed by atoms with Crippen molar-refractivity contribution in [3.63, 3.8) is 0 Å². The van der Waals surface area contributed by atoms with Crippen molar-refractivity contribution < 1.29 is 0 Å². The molecular formula is C39H62SSi. The molecule has 5 aliphatic carbocycles. The van der Waals surface area contributed by atoms with E-state index >= 15 is 0 Å². The molecule has 5 saturated carbocycles. The van der Waals surface area contributed by atoms with E-state index in [-0.39, 0.29) is 5.41 Å². The standard InChI is InChI=1S/C39H62SSi/c1-23-22-32-28(26-16-18-27(19-17-26)39(4,5)6)13-11-14-29(32)37(23)41(7,8)38-25(3)24(2)35-31(38)20-21-34-36(35)30-12-9-10-15-33(30)40-34/h16-19,23-25,28-38H,9-15,20-22H2,1-8H3. The molecule has 0 spiro atoms. The average Bonchev–Trinajstić information content (AvgIpc) is 3.57. The summed E-state index contributed by atoms with van der Waals surface area (Å²) < 4.78 is 0. The summed E-state index contributed by atoms with van der Waals surface area (Å²) in [6.45, 7) is 21.2. The van der Waals surface area contributed by atoms with Crippen LogP contribution in [0.15, 0.2) is 24.3 Å². The maximum absolute atomic E-state index is 2.94. The van der Waals surface area contributed by atoms with Crippen LogP contribution in [0.25, 0.3) is 0 Å². The molecule has 0 N–H and O–H groups in total. The van der Waals surface area contributed by atoms with Gasteiger partial charge < -0.3 is 0 Å². The zero-order valence-electron chi connectivity index (χ0n) is 27.9.